The van der Waals surface area contributed by atoms with Crippen LogP contribution in [0.25, 0.3) is 0 Å². The molecule has 0 aromatic heterocycles. The van der Waals surface area contributed by atoms with Crippen LogP contribution in [0.1, 0.15) is 33.1 Å². The molecule has 2 N–H and O–H groups in total. The lowest BCUT2D eigenvalue weighted by molar-refractivity contribution is -0.126. The van der Waals surface area contributed by atoms with Gasteiger partial charge in [-0.1, -0.05) is 13.8 Å². The molecule has 0 atom stereocenters. The van der Waals surface area contributed by atoms with Gasteiger partial charge in [-0.3, -0.25) is 14.5 Å². The number of carbonyl (C=O) groups is 2. The molecule has 0 bridgehead atoms. The minimum atomic E-state index is -3.52. The summed E-state index contributed by atoms with van der Waals surface area (Å²) in [5.41, 5.74) is 0.554. The van der Waals surface area contributed by atoms with Crippen molar-refractivity contribution in [3.63, 3.8) is 0 Å². The van der Waals surface area contributed by atoms with E-state index in [2.05, 4.69) is 10.6 Å². The van der Waals surface area contributed by atoms with E-state index in [1.807, 2.05) is 4.90 Å². The molecule has 2 amide bonds. The third-order valence-corrected chi connectivity index (χ3v) is 7.70. The summed E-state index contributed by atoms with van der Waals surface area (Å²) in [6, 6.07) is 6.24. The fourth-order valence-corrected chi connectivity index (χ4v) is 5.21. The van der Waals surface area contributed by atoms with Crippen molar-refractivity contribution in [1.82, 2.24) is 14.5 Å². The van der Waals surface area contributed by atoms with Gasteiger partial charge in [0.2, 0.25) is 21.8 Å². The molecule has 1 heterocycles. The van der Waals surface area contributed by atoms with Gasteiger partial charge in [0, 0.05) is 45.0 Å². The summed E-state index contributed by atoms with van der Waals surface area (Å²) in [7, 11) is -1.88. The molecule has 1 saturated heterocycles. The second-order valence-corrected chi connectivity index (χ2v) is 9.79. The van der Waals surface area contributed by atoms with E-state index in [1.54, 1.807) is 33.1 Å². The van der Waals surface area contributed by atoms with Gasteiger partial charge in [-0.15, -0.1) is 0 Å². The topological polar surface area (TPSA) is 108 Å². The highest BCUT2D eigenvalue weighted by Gasteiger charge is 2.26. The first-order chi connectivity index (χ1) is 15.3. The number of rotatable bonds is 12. The second-order valence-electron chi connectivity index (χ2n) is 7.85. The van der Waals surface area contributed by atoms with Crippen LogP contribution in [-0.4, -0.2) is 82.4 Å². The molecule has 1 aromatic rings. The Morgan fingerprint density at radius 3 is 2.31 bits per heavy atom. The maximum absolute atomic E-state index is 12.6. The standard InChI is InChI=1S/C22H36N4O5S/c1-4-26(5-2)32(29,30)20-9-7-19(8-10-20)24-21(27)17-25-14-11-18(12-15-25)22(28)23-13-6-16-31-3/h7-10,18H,4-6,11-17H2,1-3H3,(H,23,28)(H,24,27). The maximum Gasteiger partial charge on any atom is 0.243 e. The number of nitrogens with one attached hydrogen (secondary N) is 2. The monoisotopic (exact) mass is 468 g/mol. The number of anilines is 1. The summed E-state index contributed by atoms with van der Waals surface area (Å²) in [5, 5.41) is 5.76. The largest absolute Gasteiger partial charge is 0.385 e. The van der Waals surface area contributed by atoms with Crippen LogP contribution in [-0.2, 0) is 24.3 Å². The van der Waals surface area contributed by atoms with Crippen LogP contribution < -0.4 is 10.6 Å². The highest BCUT2D eigenvalue weighted by molar-refractivity contribution is 7.89. The Morgan fingerprint density at radius 1 is 1.12 bits per heavy atom. The van der Waals surface area contributed by atoms with Gasteiger partial charge in [-0.2, -0.15) is 4.31 Å². The van der Waals surface area contributed by atoms with Gasteiger partial charge in [0.15, 0.2) is 0 Å². The molecule has 1 aromatic carbocycles. The van der Waals surface area contributed by atoms with Crippen LogP contribution in [0.4, 0.5) is 5.69 Å². The van der Waals surface area contributed by atoms with Crippen molar-refractivity contribution in [2.75, 3.05) is 58.3 Å². The molecular weight excluding hydrogens is 432 g/mol. The average Bonchev–Trinajstić information content (AvgIpc) is 2.78. The zero-order chi connectivity index (χ0) is 23.6. The molecule has 2 rings (SSSR count). The Morgan fingerprint density at radius 2 is 1.75 bits per heavy atom. The highest BCUT2D eigenvalue weighted by atomic mass is 32.2. The summed E-state index contributed by atoms with van der Waals surface area (Å²) in [6.07, 6.45) is 2.24. The summed E-state index contributed by atoms with van der Waals surface area (Å²) in [6.45, 7) is 7.26. The lowest BCUT2D eigenvalue weighted by Crippen LogP contribution is -2.43. The van der Waals surface area contributed by atoms with Crippen molar-refractivity contribution < 1.29 is 22.7 Å². The van der Waals surface area contributed by atoms with Gasteiger partial charge in [0.05, 0.1) is 11.4 Å². The predicted octanol–water partition coefficient (Wildman–Crippen LogP) is 1.52. The summed E-state index contributed by atoms with van der Waals surface area (Å²) in [4.78, 5) is 26.9. The van der Waals surface area contributed by atoms with E-state index in [1.165, 1.54) is 16.4 Å². The van der Waals surface area contributed by atoms with E-state index in [0.29, 0.717) is 45.0 Å². The molecule has 10 heteroatoms. The minimum Gasteiger partial charge on any atom is -0.385 e. The Labute approximate surface area is 191 Å². The van der Waals surface area contributed by atoms with Crippen LogP contribution in [0.3, 0.4) is 0 Å². The highest BCUT2D eigenvalue weighted by Crippen LogP contribution is 2.19. The number of nitrogens with zero attached hydrogens (tertiary/aromatic N) is 2. The zero-order valence-corrected chi connectivity index (χ0v) is 20.1. The van der Waals surface area contributed by atoms with E-state index < -0.39 is 10.0 Å². The Kier molecular flexibility index (Phi) is 10.6. The maximum atomic E-state index is 12.6. The van der Waals surface area contributed by atoms with Gasteiger partial charge < -0.3 is 15.4 Å². The number of carbonyl (C=O) groups excluding carboxylic acids is 2. The van der Waals surface area contributed by atoms with Crippen molar-refractivity contribution in [2.45, 2.75) is 38.0 Å². The second kappa shape index (κ2) is 12.9. The predicted molar refractivity (Wildman–Crippen MR) is 124 cm³/mol. The molecule has 180 valence electrons. The normalized spacial score (nSPS) is 15.6. The van der Waals surface area contributed by atoms with Crippen molar-refractivity contribution in [2.24, 2.45) is 5.92 Å². The smallest absolute Gasteiger partial charge is 0.243 e. The van der Waals surface area contributed by atoms with Crippen LogP contribution in [0.15, 0.2) is 29.2 Å². The Balaban J connectivity index is 1.78. The number of methoxy groups -OCH3 is 1. The van der Waals surface area contributed by atoms with Crippen LogP contribution in [0.5, 0.6) is 0 Å². The zero-order valence-electron chi connectivity index (χ0n) is 19.3. The SMILES string of the molecule is CCN(CC)S(=O)(=O)c1ccc(NC(=O)CN2CCC(C(=O)NCCCOC)CC2)cc1. The van der Waals surface area contributed by atoms with Crippen LogP contribution in [0, 0.1) is 5.92 Å². The molecule has 1 aliphatic heterocycles. The van der Waals surface area contributed by atoms with Crippen molar-refractivity contribution in [3.8, 4) is 0 Å². The third-order valence-electron chi connectivity index (χ3n) is 5.63. The fraction of sp³-hybridized carbons (Fsp3) is 0.636. The van der Waals surface area contributed by atoms with Crippen molar-refractivity contribution in [3.05, 3.63) is 24.3 Å². The average molecular weight is 469 g/mol. The van der Waals surface area contributed by atoms with Gasteiger partial charge in [0.25, 0.3) is 0 Å². The van der Waals surface area contributed by atoms with Gasteiger partial charge >= 0.3 is 0 Å². The number of benzene rings is 1. The van der Waals surface area contributed by atoms with Gasteiger partial charge in [-0.05, 0) is 56.6 Å². The molecule has 0 aliphatic carbocycles. The van der Waals surface area contributed by atoms with Crippen LogP contribution in [0.2, 0.25) is 0 Å². The Bertz CT molecular complexity index is 832. The molecule has 0 spiro atoms. The lowest BCUT2D eigenvalue weighted by atomic mass is 9.96. The molecule has 9 nitrogen and oxygen atoms in total. The quantitative estimate of drug-likeness (QED) is 0.451. The van der Waals surface area contributed by atoms with E-state index in [-0.39, 0.29) is 29.2 Å². The molecule has 0 radical (unpaired) electrons. The first kappa shape index (κ1) is 26.2. The van der Waals surface area contributed by atoms with Gasteiger partial charge in [-0.25, -0.2) is 8.42 Å². The molecule has 0 unspecified atom stereocenters. The number of likely N-dealkylation sites (tertiary alicyclic amines) is 1. The first-order valence-corrected chi connectivity index (χ1v) is 12.6. The lowest BCUT2D eigenvalue weighted by Gasteiger charge is -2.30. The first-order valence-electron chi connectivity index (χ1n) is 11.2. The minimum absolute atomic E-state index is 0.0165. The van der Waals surface area contributed by atoms with Gasteiger partial charge in [0.1, 0.15) is 0 Å². The Hall–Kier alpha value is -2.01. The molecular formula is C22H36N4O5S. The summed E-state index contributed by atoms with van der Waals surface area (Å²) >= 11 is 0. The summed E-state index contributed by atoms with van der Waals surface area (Å²) < 4.78 is 31.5. The number of amides is 2. The van der Waals surface area contributed by atoms with E-state index >= 15 is 0 Å². The van der Waals surface area contributed by atoms with E-state index in [0.717, 1.165) is 19.3 Å². The number of ether oxygens (including phenoxy) is 1. The fourth-order valence-electron chi connectivity index (χ4n) is 3.75. The molecule has 1 aliphatic rings. The number of hydrogen-bond acceptors (Lipinski definition) is 6. The van der Waals surface area contributed by atoms with E-state index in [9.17, 15) is 18.0 Å². The molecule has 32 heavy (non-hydrogen) atoms. The number of piperidine rings is 1. The molecule has 1 fully saturated rings. The van der Waals surface area contributed by atoms with Crippen LogP contribution >= 0.6 is 0 Å². The van der Waals surface area contributed by atoms with Crippen molar-refractivity contribution >= 4 is 27.5 Å². The number of hydrogen-bond donors (Lipinski definition) is 2. The van der Waals surface area contributed by atoms with E-state index in [4.69, 9.17) is 4.74 Å². The third kappa shape index (κ3) is 7.54. The number of sulfonamides is 1. The summed E-state index contributed by atoms with van der Waals surface area (Å²) in [5.74, 6) is -0.103. The molecule has 0 saturated carbocycles. The van der Waals surface area contributed by atoms with Crippen molar-refractivity contribution in [1.29, 1.82) is 0 Å².